The van der Waals surface area contributed by atoms with Crippen LogP contribution in [0.4, 0.5) is 0 Å². The summed E-state index contributed by atoms with van der Waals surface area (Å²) in [6.07, 6.45) is 0.243. The molecule has 0 aliphatic rings. The van der Waals surface area contributed by atoms with Crippen LogP contribution in [0.25, 0.3) is 0 Å². The smallest absolute Gasteiger partial charge is 0.322 e. The number of carboxylic acids is 1. The summed E-state index contributed by atoms with van der Waals surface area (Å²) in [7, 11) is 0. The number of ether oxygens (including phenoxy) is 1. The predicted octanol–water partition coefficient (Wildman–Crippen LogP) is 2.25. The van der Waals surface area contributed by atoms with Gasteiger partial charge in [0.25, 0.3) is 0 Å². The molecule has 1 aromatic rings. The van der Waals surface area contributed by atoms with Gasteiger partial charge in [-0.2, -0.15) is 0 Å². The molecule has 0 aromatic heterocycles. The number of benzene rings is 1. The van der Waals surface area contributed by atoms with E-state index in [0.717, 1.165) is 5.56 Å². The van der Waals surface area contributed by atoms with Crippen LogP contribution in [0, 0.1) is 5.92 Å². The van der Waals surface area contributed by atoms with E-state index in [-0.39, 0.29) is 6.42 Å². The first-order chi connectivity index (χ1) is 9.60. The van der Waals surface area contributed by atoms with Gasteiger partial charge in [-0.25, -0.2) is 0 Å². The van der Waals surface area contributed by atoms with E-state index in [2.05, 4.69) is 0 Å². The van der Waals surface area contributed by atoms with Crippen LogP contribution >= 0.6 is 11.6 Å². The molecular weight excluding hydrogens is 294 g/mol. The number of hydrogen-bond donors (Lipinski definition) is 2. The van der Waals surface area contributed by atoms with Gasteiger partial charge in [0.15, 0.2) is 5.92 Å². The van der Waals surface area contributed by atoms with E-state index >= 15 is 0 Å². The zero-order chi connectivity index (χ0) is 16.2. The molecule has 0 unspecified atom stereocenters. The molecule has 0 saturated carbocycles. The van der Waals surface area contributed by atoms with Gasteiger partial charge in [-0.3, -0.25) is 9.59 Å². The number of nitrogens with two attached hydrogens (primary N) is 1. The first kappa shape index (κ1) is 17.5. The van der Waals surface area contributed by atoms with E-state index < -0.39 is 29.5 Å². The Kier molecular flexibility index (Phi) is 5.75. The maximum atomic E-state index is 12.0. The topological polar surface area (TPSA) is 89.6 Å². The van der Waals surface area contributed by atoms with E-state index in [9.17, 15) is 14.7 Å². The summed E-state index contributed by atoms with van der Waals surface area (Å²) in [5.74, 6) is -3.51. The molecule has 6 heteroatoms. The van der Waals surface area contributed by atoms with Crippen LogP contribution in [0.2, 0.25) is 5.02 Å². The summed E-state index contributed by atoms with van der Waals surface area (Å²) in [6.45, 7) is 5.03. The Balaban J connectivity index is 2.82. The number of rotatable bonds is 5. The van der Waals surface area contributed by atoms with Gasteiger partial charge in [-0.1, -0.05) is 23.7 Å². The largest absolute Gasteiger partial charge is 0.481 e. The number of aliphatic carboxylic acids is 1. The highest BCUT2D eigenvalue weighted by atomic mass is 35.5. The quantitative estimate of drug-likeness (QED) is 0.643. The molecular formula is C15H20ClNO4. The molecule has 0 heterocycles. The second-order valence-electron chi connectivity index (χ2n) is 5.84. The molecule has 0 bridgehead atoms. The summed E-state index contributed by atoms with van der Waals surface area (Å²) in [4.78, 5) is 23.3. The predicted molar refractivity (Wildman–Crippen MR) is 80.1 cm³/mol. The lowest BCUT2D eigenvalue weighted by atomic mass is 9.94. The van der Waals surface area contributed by atoms with Crippen LogP contribution in [0.1, 0.15) is 26.3 Å². The van der Waals surface area contributed by atoms with Crippen molar-refractivity contribution in [3.8, 4) is 0 Å². The van der Waals surface area contributed by atoms with Gasteiger partial charge < -0.3 is 15.6 Å². The summed E-state index contributed by atoms with van der Waals surface area (Å²) in [6, 6.07) is 5.99. The lowest BCUT2D eigenvalue weighted by molar-refractivity contribution is -0.167. The number of carboxylic acid groups (broad SMARTS) is 1. The summed E-state index contributed by atoms with van der Waals surface area (Å²) < 4.78 is 5.12. The molecule has 3 N–H and O–H groups in total. The van der Waals surface area contributed by atoms with E-state index in [4.69, 9.17) is 22.1 Å². The third kappa shape index (κ3) is 5.73. The zero-order valence-corrected chi connectivity index (χ0v) is 13.1. The third-order valence-electron chi connectivity index (χ3n) is 2.74. The van der Waals surface area contributed by atoms with Gasteiger partial charge in [0.1, 0.15) is 5.60 Å². The first-order valence-electron chi connectivity index (χ1n) is 6.56. The molecule has 21 heavy (non-hydrogen) atoms. The number of hydrogen-bond acceptors (Lipinski definition) is 4. The second-order valence-corrected chi connectivity index (χ2v) is 6.28. The van der Waals surface area contributed by atoms with Gasteiger partial charge >= 0.3 is 11.9 Å². The lowest BCUT2D eigenvalue weighted by Crippen LogP contribution is -2.45. The van der Waals surface area contributed by atoms with Crippen LogP contribution in [-0.4, -0.2) is 28.7 Å². The van der Waals surface area contributed by atoms with Gasteiger partial charge in [0.2, 0.25) is 0 Å². The summed E-state index contributed by atoms with van der Waals surface area (Å²) in [5, 5.41) is 9.81. The molecule has 5 nitrogen and oxygen atoms in total. The summed E-state index contributed by atoms with van der Waals surface area (Å²) >= 11 is 5.78. The van der Waals surface area contributed by atoms with Crippen molar-refractivity contribution in [3.63, 3.8) is 0 Å². The van der Waals surface area contributed by atoms with Crippen LogP contribution in [-0.2, 0) is 20.7 Å². The maximum absolute atomic E-state index is 12.0. The maximum Gasteiger partial charge on any atom is 0.322 e. The number of carbonyl (C=O) groups is 2. The van der Waals surface area contributed by atoms with Crippen molar-refractivity contribution in [2.75, 3.05) is 0 Å². The Morgan fingerprint density at radius 2 is 1.81 bits per heavy atom. The van der Waals surface area contributed by atoms with Crippen molar-refractivity contribution in [1.29, 1.82) is 0 Å². The normalized spacial score (nSPS) is 14.3. The highest BCUT2D eigenvalue weighted by molar-refractivity contribution is 6.30. The molecule has 0 amide bonds. The Labute approximate surface area is 129 Å². The van der Waals surface area contributed by atoms with Crippen LogP contribution < -0.4 is 5.73 Å². The Morgan fingerprint density at radius 3 is 2.24 bits per heavy atom. The highest BCUT2D eigenvalue weighted by Crippen LogP contribution is 2.17. The van der Waals surface area contributed by atoms with Gasteiger partial charge in [0, 0.05) is 11.1 Å². The molecule has 1 aromatic carbocycles. The van der Waals surface area contributed by atoms with Crippen molar-refractivity contribution >= 4 is 23.5 Å². The molecule has 0 aliphatic heterocycles. The lowest BCUT2D eigenvalue weighted by Gasteiger charge is -2.25. The van der Waals surface area contributed by atoms with Crippen LogP contribution in [0.15, 0.2) is 24.3 Å². The monoisotopic (exact) mass is 313 g/mol. The number of halogens is 1. The molecule has 116 valence electrons. The minimum absolute atomic E-state index is 0.243. The number of esters is 1. The fraction of sp³-hybridized carbons (Fsp3) is 0.467. The fourth-order valence-corrected chi connectivity index (χ4v) is 1.96. The molecule has 0 spiro atoms. The van der Waals surface area contributed by atoms with Crippen molar-refractivity contribution < 1.29 is 19.4 Å². The zero-order valence-electron chi connectivity index (χ0n) is 12.3. The minimum atomic E-state index is -1.40. The van der Waals surface area contributed by atoms with Crippen molar-refractivity contribution in [3.05, 3.63) is 34.9 Å². The fourth-order valence-electron chi connectivity index (χ4n) is 1.83. The Bertz CT molecular complexity index is 507. The standard InChI is InChI=1S/C15H20ClNO4/c1-15(2,3)21-14(20)12(13(18)19)11(17)8-9-4-6-10(16)7-5-9/h4-7,11-12H,8,17H2,1-3H3,(H,18,19)/t11-,12+/m0/s1. The van der Waals surface area contributed by atoms with Gasteiger partial charge in [0.05, 0.1) is 0 Å². The van der Waals surface area contributed by atoms with Gasteiger partial charge in [-0.05, 0) is 44.9 Å². The average Bonchev–Trinajstić information content (AvgIpc) is 2.29. The molecule has 1 rings (SSSR count). The number of carbonyl (C=O) groups excluding carboxylic acids is 1. The Morgan fingerprint density at radius 1 is 1.29 bits per heavy atom. The van der Waals surface area contributed by atoms with E-state index in [0.29, 0.717) is 5.02 Å². The highest BCUT2D eigenvalue weighted by Gasteiger charge is 2.36. The molecule has 2 atom stereocenters. The van der Waals surface area contributed by atoms with E-state index in [1.807, 2.05) is 0 Å². The van der Waals surface area contributed by atoms with E-state index in [1.54, 1.807) is 45.0 Å². The van der Waals surface area contributed by atoms with Crippen molar-refractivity contribution in [2.24, 2.45) is 11.7 Å². The Hall–Kier alpha value is -1.59. The van der Waals surface area contributed by atoms with Gasteiger partial charge in [-0.15, -0.1) is 0 Å². The second kappa shape index (κ2) is 6.91. The average molecular weight is 314 g/mol. The minimum Gasteiger partial charge on any atom is -0.481 e. The van der Waals surface area contributed by atoms with Crippen molar-refractivity contribution in [1.82, 2.24) is 0 Å². The van der Waals surface area contributed by atoms with Crippen LogP contribution in [0.3, 0.4) is 0 Å². The molecule has 0 radical (unpaired) electrons. The third-order valence-corrected chi connectivity index (χ3v) is 2.99. The van der Waals surface area contributed by atoms with Crippen LogP contribution in [0.5, 0.6) is 0 Å². The summed E-state index contributed by atoms with van der Waals surface area (Å²) in [5.41, 5.74) is 5.94. The molecule has 0 aliphatic carbocycles. The van der Waals surface area contributed by atoms with Crippen molar-refractivity contribution in [2.45, 2.75) is 38.8 Å². The first-order valence-corrected chi connectivity index (χ1v) is 6.93. The molecule has 0 fully saturated rings. The molecule has 0 saturated heterocycles. The SMILES string of the molecule is CC(C)(C)OC(=O)[C@@H](C(=O)O)[C@@H](N)Cc1ccc(Cl)cc1. The van der Waals surface area contributed by atoms with E-state index in [1.165, 1.54) is 0 Å².